The molecule has 1 aromatic heterocycles. The summed E-state index contributed by atoms with van der Waals surface area (Å²) in [4.78, 5) is 11.7. The van der Waals surface area contributed by atoms with Crippen LogP contribution in [0, 0.1) is 12.7 Å². The number of hydrogen-bond acceptors (Lipinski definition) is 5. The topological polar surface area (TPSA) is 72.7 Å². The number of carbonyl (C=O) groups excluding carboxylic acids is 1. The van der Waals surface area contributed by atoms with Gasteiger partial charge in [0.15, 0.2) is 0 Å². The fraction of sp³-hybridized carbons (Fsp3) is 0.273. The Kier molecular flexibility index (Phi) is 4.10. The van der Waals surface area contributed by atoms with Crippen LogP contribution >= 0.6 is 11.8 Å². The SMILES string of the molecule is Cc1ccc(NC(=O)CSc2nnnn2C)cc1F. The van der Waals surface area contributed by atoms with Crippen molar-refractivity contribution in [1.82, 2.24) is 20.2 Å². The number of halogens is 1. The third-order valence-corrected chi connectivity index (χ3v) is 3.38. The van der Waals surface area contributed by atoms with Gasteiger partial charge < -0.3 is 5.32 Å². The van der Waals surface area contributed by atoms with Crippen molar-refractivity contribution in [2.45, 2.75) is 12.1 Å². The van der Waals surface area contributed by atoms with E-state index in [9.17, 15) is 9.18 Å². The zero-order chi connectivity index (χ0) is 13.8. The van der Waals surface area contributed by atoms with E-state index in [1.165, 1.54) is 22.5 Å². The van der Waals surface area contributed by atoms with Gasteiger partial charge in [0.25, 0.3) is 0 Å². The van der Waals surface area contributed by atoms with Crippen LogP contribution in [0.4, 0.5) is 10.1 Å². The van der Waals surface area contributed by atoms with Crippen molar-refractivity contribution >= 4 is 23.4 Å². The number of anilines is 1. The molecule has 100 valence electrons. The van der Waals surface area contributed by atoms with E-state index in [0.717, 1.165) is 0 Å². The zero-order valence-electron chi connectivity index (χ0n) is 10.4. The molecular weight excluding hydrogens is 269 g/mol. The van der Waals surface area contributed by atoms with Crippen molar-refractivity contribution < 1.29 is 9.18 Å². The average molecular weight is 281 g/mol. The zero-order valence-corrected chi connectivity index (χ0v) is 11.2. The maximum Gasteiger partial charge on any atom is 0.234 e. The highest BCUT2D eigenvalue weighted by atomic mass is 32.2. The lowest BCUT2D eigenvalue weighted by molar-refractivity contribution is -0.113. The van der Waals surface area contributed by atoms with Gasteiger partial charge in [-0.3, -0.25) is 4.79 Å². The molecule has 0 fully saturated rings. The molecule has 0 atom stereocenters. The molecule has 8 heteroatoms. The second kappa shape index (κ2) is 5.79. The van der Waals surface area contributed by atoms with Crippen molar-refractivity contribution in [3.63, 3.8) is 0 Å². The Balaban J connectivity index is 1.91. The van der Waals surface area contributed by atoms with Gasteiger partial charge in [0.1, 0.15) is 5.82 Å². The Labute approximate surface area is 113 Å². The largest absolute Gasteiger partial charge is 0.325 e. The number of amides is 1. The van der Waals surface area contributed by atoms with Crippen LogP contribution in [0.15, 0.2) is 23.4 Å². The minimum Gasteiger partial charge on any atom is -0.325 e. The number of carbonyl (C=O) groups is 1. The first-order valence-electron chi connectivity index (χ1n) is 5.47. The molecule has 0 bridgehead atoms. The highest BCUT2D eigenvalue weighted by molar-refractivity contribution is 7.99. The lowest BCUT2D eigenvalue weighted by atomic mass is 10.2. The molecule has 0 aliphatic carbocycles. The fourth-order valence-electron chi connectivity index (χ4n) is 1.34. The first-order chi connectivity index (χ1) is 9.06. The van der Waals surface area contributed by atoms with Gasteiger partial charge in [0.2, 0.25) is 11.1 Å². The lowest BCUT2D eigenvalue weighted by Gasteiger charge is -2.05. The normalized spacial score (nSPS) is 10.5. The molecule has 0 saturated heterocycles. The van der Waals surface area contributed by atoms with E-state index in [2.05, 4.69) is 20.8 Å². The monoisotopic (exact) mass is 281 g/mol. The molecule has 0 aliphatic rings. The fourth-order valence-corrected chi connectivity index (χ4v) is 1.99. The smallest absolute Gasteiger partial charge is 0.234 e. The third kappa shape index (κ3) is 3.50. The summed E-state index contributed by atoms with van der Waals surface area (Å²) in [5, 5.41) is 14.0. The van der Waals surface area contributed by atoms with Gasteiger partial charge in [-0.25, -0.2) is 9.07 Å². The van der Waals surface area contributed by atoms with Crippen molar-refractivity contribution in [2.75, 3.05) is 11.1 Å². The van der Waals surface area contributed by atoms with Gasteiger partial charge in [-0.2, -0.15) is 0 Å². The summed E-state index contributed by atoms with van der Waals surface area (Å²) in [7, 11) is 1.69. The van der Waals surface area contributed by atoms with Crippen LogP contribution in [-0.2, 0) is 11.8 Å². The molecule has 1 heterocycles. The van der Waals surface area contributed by atoms with E-state index in [4.69, 9.17) is 0 Å². The molecule has 0 saturated carbocycles. The van der Waals surface area contributed by atoms with E-state index < -0.39 is 0 Å². The highest BCUT2D eigenvalue weighted by Crippen LogP contribution is 2.16. The minimum atomic E-state index is -0.344. The van der Waals surface area contributed by atoms with E-state index in [1.807, 2.05) is 0 Å². The van der Waals surface area contributed by atoms with Crippen molar-refractivity contribution in [1.29, 1.82) is 0 Å². The second-order valence-electron chi connectivity index (χ2n) is 3.89. The standard InChI is InChI=1S/C11H12FN5OS/c1-7-3-4-8(5-9(7)12)13-10(18)6-19-11-14-15-16-17(11)2/h3-5H,6H2,1-2H3,(H,13,18). The van der Waals surface area contributed by atoms with Crippen LogP contribution < -0.4 is 5.32 Å². The molecule has 0 unspecified atom stereocenters. The molecule has 2 aromatic rings. The quantitative estimate of drug-likeness (QED) is 0.857. The third-order valence-electron chi connectivity index (χ3n) is 2.37. The first kappa shape index (κ1) is 13.5. The summed E-state index contributed by atoms with van der Waals surface area (Å²) in [5.41, 5.74) is 0.974. The lowest BCUT2D eigenvalue weighted by Crippen LogP contribution is -2.14. The molecule has 1 N–H and O–H groups in total. The highest BCUT2D eigenvalue weighted by Gasteiger charge is 2.08. The van der Waals surface area contributed by atoms with Crippen molar-refractivity contribution in [2.24, 2.45) is 7.05 Å². The molecule has 6 nitrogen and oxygen atoms in total. The van der Waals surface area contributed by atoms with Crippen LogP contribution in [0.1, 0.15) is 5.56 Å². The van der Waals surface area contributed by atoms with Crippen LogP contribution in [-0.4, -0.2) is 31.9 Å². The summed E-state index contributed by atoms with van der Waals surface area (Å²) in [6, 6.07) is 4.57. The number of rotatable bonds is 4. The second-order valence-corrected chi connectivity index (χ2v) is 4.83. The van der Waals surface area contributed by atoms with Crippen molar-refractivity contribution in [3.8, 4) is 0 Å². The molecule has 19 heavy (non-hydrogen) atoms. The van der Waals surface area contributed by atoms with Crippen molar-refractivity contribution in [3.05, 3.63) is 29.6 Å². The Morgan fingerprint density at radius 3 is 2.95 bits per heavy atom. The minimum absolute atomic E-state index is 0.156. The Morgan fingerprint density at radius 2 is 2.32 bits per heavy atom. The van der Waals surface area contributed by atoms with E-state index in [-0.39, 0.29) is 17.5 Å². The molecule has 0 radical (unpaired) electrons. The van der Waals surface area contributed by atoms with Gasteiger partial charge in [-0.15, -0.1) is 5.10 Å². The molecule has 2 rings (SSSR count). The predicted molar refractivity (Wildman–Crippen MR) is 69.3 cm³/mol. The van der Waals surface area contributed by atoms with Crippen LogP contribution in [0.5, 0.6) is 0 Å². The Bertz CT molecular complexity index is 601. The summed E-state index contributed by atoms with van der Waals surface area (Å²) in [6.45, 7) is 1.66. The molecule has 0 spiro atoms. The van der Waals surface area contributed by atoms with Gasteiger partial charge in [-0.1, -0.05) is 17.8 Å². The van der Waals surface area contributed by atoms with Gasteiger partial charge in [0, 0.05) is 12.7 Å². The number of benzene rings is 1. The average Bonchev–Trinajstić information content (AvgIpc) is 2.77. The number of aryl methyl sites for hydroxylation is 2. The van der Waals surface area contributed by atoms with Gasteiger partial charge in [0.05, 0.1) is 5.75 Å². The molecule has 0 aliphatic heterocycles. The maximum absolute atomic E-state index is 13.3. The number of thioether (sulfide) groups is 1. The first-order valence-corrected chi connectivity index (χ1v) is 6.46. The summed E-state index contributed by atoms with van der Waals surface area (Å²) >= 11 is 1.21. The predicted octanol–water partition coefficient (Wildman–Crippen LogP) is 1.39. The van der Waals surface area contributed by atoms with Crippen LogP contribution in [0.3, 0.4) is 0 Å². The van der Waals surface area contributed by atoms with E-state index >= 15 is 0 Å². The Hall–Kier alpha value is -1.96. The summed E-state index contributed by atoms with van der Waals surface area (Å²) < 4.78 is 14.8. The molecular formula is C11H12FN5OS. The van der Waals surface area contributed by atoms with Gasteiger partial charge in [-0.05, 0) is 35.0 Å². The van der Waals surface area contributed by atoms with Crippen LogP contribution in [0.25, 0.3) is 0 Å². The maximum atomic E-state index is 13.3. The number of aromatic nitrogens is 4. The van der Waals surface area contributed by atoms with E-state index in [0.29, 0.717) is 16.4 Å². The summed E-state index contributed by atoms with van der Waals surface area (Å²) in [6.07, 6.45) is 0. The molecule has 1 amide bonds. The Morgan fingerprint density at radius 1 is 1.53 bits per heavy atom. The van der Waals surface area contributed by atoms with Gasteiger partial charge >= 0.3 is 0 Å². The summed E-state index contributed by atoms with van der Waals surface area (Å²) in [5.74, 6) is -0.428. The number of nitrogens with zero attached hydrogens (tertiary/aromatic N) is 4. The molecule has 1 aromatic carbocycles. The number of hydrogen-bond donors (Lipinski definition) is 1. The van der Waals surface area contributed by atoms with E-state index in [1.54, 1.807) is 26.1 Å². The van der Waals surface area contributed by atoms with Crippen LogP contribution in [0.2, 0.25) is 0 Å². The number of nitrogens with one attached hydrogen (secondary N) is 1. The number of tetrazole rings is 1.